The summed E-state index contributed by atoms with van der Waals surface area (Å²) in [5, 5.41) is 3.30. The van der Waals surface area contributed by atoms with E-state index in [4.69, 9.17) is 9.47 Å². The molecule has 1 N–H and O–H groups in total. The van der Waals surface area contributed by atoms with Crippen molar-refractivity contribution in [1.82, 2.24) is 10.2 Å². The van der Waals surface area contributed by atoms with E-state index in [9.17, 15) is 4.79 Å². The topological polar surface area (TPSA) is 50.8 Å². The second kappa shape index (κ2) is 6.35. The van der Waals surface area contributed by atoms with Crippen LogP contribution in [0, 0.1) is 0 Å². The number of piperazine rings is 1. The van der Waals surface area contributed by atoms with Gasteiger partial charge in [-0.1, -0.05) is 6.07 Å². The molecule has 0 spiro atoms. The summed E-state index contributed by atoms with van der Waals surface area (Å²) in [6, 6.07) is 6.22. The van der Waals surface area contributed by atoms with Crippen molar-refractivity contribution in [3.8, 4) is 11.5 Å². The third-order valence-electron chi connectivity index (χ3n) is 4.06. The predicted molar refractivity (Wildman–Crippen MR) is 79.8 cm³/mol. The number of nitrogens with one attached hydrogen (secondary N) is 1. The molecule has 5 nitrogen and oxygen atoms in total. The van der Waals surface area contributed by atoms with Crippen LogP contribution in [0.4, 0.5) is 0 Å². The smallest absolute Gasteiger partial charge is 0.223 e. The fraction of sp³-hybridized carbons (Fsp3) is 0.562. The number of hydrogen-bond acceptors (Lipinski definition) is 4. The molecule has 21 heavy (non-hydrogen) atoms. The summed E-state index contributed by atoms with van der Waals surface area (Å²) < 4.78 is 11.1. The summed E-state index contributed by atoms with van der Waals surface area (Å²) in [6.07, 6.45) is 1.29. The van der Waals surface area contributed by atoms with Crippen LogP contribution >= 0.6 is 0 Å². The number of benzene rings is 1. The monoisotopic (exact) mass is 290 g/mol. The molecule has 0 aromatic heterocycles. The third-order valence-corrected chi connectivity index (χ3v) is 4.06. The van der Waals surface area contributed by atoms with E-state index in [0.29, 0.717) is 19.6 Å². The molecule has 1 saturated heterocycles. The Labute approximate surface area is 125 Å². The normalized spacial score (nSPS) is 21.2. The van der Waals surface area contributed by atoms with Gasteiger partial charge in [0.05, 0.1) is 0 Å². The number of ether oxygens (including phenoxy) is 2. The lowest BCUT2D eigenvalue weighted by atomic mass is 10.1. The average molecular weight is 290 g/mol. The molecule has 2 aliphatic heterocycles. The van der Waals surface area contributed by atoms with Gasteiger partial charge in [-0.2, -0.15) is 0 Å². The van der Waals surface area contributed by atoms with Gasteiger partial charge in [-0.15, -0.1) is 0 Å². The third kappa shape index (κ3) is 3.29. The van der Waals surface area contributed by atoms with Crippen LogP contribution in [0.15, 0.2) is 18.2 Å². The maximum Gasteiger partial charge on any atom is 0.223 e. The van der Waals surface area contributed by atoms with E-state index in [1.54, 1.807) is 0 Å². The van der Waals surface area contributed by atoms with Gasteiger partial charge in [0.25, 0.3) is 0 Å². The summed E-state index contributed by atoms with van der Waals surface area (Å²) in [4.78, 5) is 14.3. The van der Waals surface area contributed by atoms with Crippen molar-refractivity contribution in [3.63, 3.8) is 0 Å². The maximum atomic E-state index is 12.3. The molecule has 1 amide bonds. The number of rotatable bonds is 3. The fourth-order valence-corrected chi connectivity index (χ4v) is 2.85. The van der Waals surface area contributed by atoms with Crippen LogP contribution in [0.1, 0.15) is 18.9 Å². The van der Waals surface area contributed by atoms with Crippen LogP contribution in [0.25, 0.3) is 0 Å². The van der Waals surface area contributed by atoms with E-state index in [1.807, 2.05) is 23.1 Å². The van der Waals surface area contributed by atoms with Crippen LogP contribution in [0.3, 0.4) is 0 Å². The van der Waals surface area contributed by atoms with Gasteiger partial charge >= 0.3 is 0 Å². The Morgan fingerprint density at radius 2 is 2.14 bits per heavy atom. The Morgan fingerprint density at radius 1 is 1.33 bits per heavy atom. The first-order chi connectivity index (χ1) is 10.2. The van der Waals surface area contributed by atoms with Gasteiger partial charge in [0.1, 0.15) is 13.2 Å². The van der Waals surface area contributed by atoms with Crippen molar-refractivity contribution >= 4 is 5.91 Å². The second-order valence-corrected chi connectivity index (χ2v) is 5.62. The molecule has 0 aliphatic carbocycles. The quantitative estimate of drug-likeness (QED) is 0.909. The Morgan fingerprint density at radius 3 is 2.95 bits per heavy atom. The number of carbonyl (C=O) groups excluding carboxylic acids is 1. The molecule has 114 valence electrons. The van der Waals surface area contributed by atoms with Crippen molar-refractivity contribution in [2.45, 2.75) is 25.8 Å². The molecule has 2 aliphatic rings. The van der Waals surface area contributed by atoms with Crippen molar-refractivity contribution in [2.24, 2.45) is 0 Å². The van der Waals surface area contributed by atoms with Crippen molar-refractivity contribution < 1.29 is 14.3 Å². The molecule has 0 unspecified atom stereocenters. The standard InChI is InChI=1S/C16H22N2O3/c1-12-11-17-6-7-18(12)16(19)5-3-13-2-4-14-15(10-13)21-9-8-20-14/h2,4,10,12,17H,3,5-9,11H2,1H3/t12-/m0/s1. The Hall–Kier alpha value is -1.75. The summed E-state index contributed by atoms with van der Waals surface area (Å²) >= 11 is 0. The zero-order valence-corrected chi connectivity index (χ0v) is 12.4. The highest BCUT2D eigenvalue weighted by molar-refractivity contribution is 5.77. The molecule has 1 fully saturated rings. The molecule has 0 radical (unpaired) electrons. The number of fused-ring (bicyclic) bond motifs is 1. The van der Waals surface area contributed by atoms with Gasteiger partial charge in [-0.3, -0.25) is 4.79 Å². The number of amides is 1. The van der Waals surface area contributed by atoms with Gasteiger partial charge in [-0.05, 0) is 31.0 Å². The van der Waals surface area contributed by atoms with E-state index in [-0.39, 0.29) is 11.9 Å². The number of nitrogens with zero attached hydrogens (tertiary/aromatic N) is 1. The molecular formula is C16H22N2O3. The lowest BCUT2D eigenvalue weighted by Gasteiger charge is -2.34. The van der Waals surface area contributed by atoms with E-state index < -0.39 is 0 Å². The molecule has 1 aromatic rings. The van der Waals surface area contributed by atoms with Crippen LogP contribution in [-0.4, -0.2) is 49.7 Å². The van der Waals surface area contributed by atoms with E-state index in [2.05, 4.69) is 12.2 Å². The highest BCUT2D eigenvalue weighted by Crippen LogP contribution is 2.31. The summed E-state index contributed by atoms with van der Waals surface area (Å²) in [6.45, 7) is 5.87. The van der Waals surface area contributed by atoms with Gasteiger partial charge in [0, 0.05) is 32.1 Å². The van der Waals surface area contributed by atoms with Gasteiger partial charge in [0.15, 0.2) is 11.5 Å². The lowest BCUT2D eigenvalue weighted by Crippen LogP contribution is -2.52. The fourth-order valence-electron chi connectivity index (χ4n) is 2.85. The summed E-state index contributed by atoms with van der Waals surface area (Å²) in [7, 11) is 0. The summed E-state index contributed by atoms with van der Waals surface area (Å²) in [5.74, 6) is 1.83. The van der Waals surface area contributed by atoms with E-state index >= 15 is 0 Å². The van der Waals surface area contributed by atoms with Crippen molar-refractivity contribution in [1.29, 1.82) is 0 Å². The molecule has 0 saturated carbocycles. The molecule has 5 heteroatoms. The van der Waals surface area contributed by atoms with Crippen LogP contribution in [0.5, 0.6) is 11.5 Å². The minimum Gasteiger partial charge on any atom is -0.486 e. The van der Waals surface area contributed by atoms with Gasteiger partial charge < -0.3 is 19.7 Å². The largest absolute Gasteiger partial charge is 0.486 e. The minimum absolute atomic E-state index is 0.235. The predicted octanol–water partition coefficient (Wildman–Crippen LogP) is 1.21. The summed E-state index contributed by atoms with van der Waals surface area (Å²) in [5.41, 5.74) is 1.12. The van der Waals surface area contributed by atoms with Crippen LogP contribution < -0.4 is 14.8 Å². The molecule has 1 aromatic carbocycles. The molecule has 0 bridgehead atoms. The highest BCUT2D eigenvalue weighted by Gasteiger charge is 2.22. The van der Waals surface area contributed by atoms with Gasteiger partial charge in [-0.25, -0.2) is 0 Å². The van der Waals surface area contributed by atoms with Crippen LogP contribution in [-0.2, 0) is 11.2 Å². The zero-order valence-electron chi connectivity index (χ0n) is 12.4. The van der Waals surface area contributed by atoms with E-state index in [0.717, 1.165) is 43.1 Å². The maximum absolute atomic E-state index is 12.3. The molecule has 1 atom stereocenters. The van der Waals surface area contributed by atoms with Crippen molar-refractivity contribution in [3.05, 3.63) is 23.8 Å². The molecule has 3 rings (SSSR count). The molecular weight excluding hydrogens is 268 g/mol. The second-order valence-electron chi connectivity index (χ2n) is 5.62. The lowest BCUT2D eigenvalue weighted by molar-refractivity contribution is -0.133. The zero-order chi connectivity index (χ0) is 14.7. The van der Waals surface area contributed by atoms with Gasteiger partial charge in [0.2, 0.25) is 5.91 Å². The number of carbonyl (C=O) groups is 1. The minimum atomic E-state index is 0.235. The highest BCUT2D eigenvalue weighted by atomic mass is 16.6. The Balaban J connectivity index is 1.58. The SMILES string of the molecule is C[C@H]1CNCCN1C(=O)CCc1ccc2c(c1)OCCO2. The first kappa shape index (κ1) is 14.2. The Bertz CT molecular complexity index is 518. The Kier molecular flexibility index (Phi) is 4.29. The average Bonchev–Trinajstić information content (AvgIpc) is 2.53. The van der Waals surface area contributed by atoms with Crippen molar-refractivity contribution in [2.75, 3.05) is 32.8 Å². The first-order valence-electron chi connectivity index (χ1n) is 7.63. The number of aryl methyl sites for hydroxylation is 1. The first-order valence-corrected chi connectivity index (χ1v) is 7.63. The number of hydrogen-bond donors (Lipinski definition) is 1. The van der Waals surface area contributed by atoms with Crippen LogP contribution in [0.2, 0.25) is 0 Å². The molecule has 2 heterocycles. The van der Waals surface area contributed by atoms with E-state index in [1.165, 1.54) is 0 Å².